The number of aromatic nitrogens is 5. The van der Waals surface area contributed by atoms with Gasteiger partial charge in [0.05, 0.1) is 27.6 Å². The van der Waals surface area contributed by atoms with Crippen LogP contribution >= 0.6 is 23.2 Å². The first-order valence-corrected chi connectivity index (χ1v) is 6.70. The molecule has 2 heterocycles. The van der Waals surface area contributed by atoms with Crippen LogP contribution in [0.25, 0.3) is 11.0 Å². The molecule has 1 aromatic carbocycles. The van der Waals surface area contributed by atoms with Crippen LogP contribution < -0.4 is 11.1 Å². The standard InChI is InChI=1S/C12H9Cl2N5O2/c1-5-15-4-19(18-5)3-6-9(14)7(13)2-8-10(6)17-12(21)11(20)16-8/h2,4H,3H2,1H3,(H,16,20)(H,17,21). The summed E-state index contributed by atoms with van der Waals surface area (Å²) in [4.78, 5) is 31.9. The van der Waals surface area contributed by atoms with Crippen molar-refractivity contribution < 1.29 is 0 Å². The molecule has 2 aromatic heterocycles. The maximum Gasteiger partial charge on any atom is 0.314 e. The molecule has 3 rings (SSSR count). The molecule has 3 aromatic rings. The van der Waals surface area contributed by atoms with E-state index >= 15 is 0 Å². The first kappa shape index (κ1) is 13.8. The predicted molar refractivity (Wildman–Crippen MR) is 79.1 cm³/mol. The van der Waals surface area contributed by atoms with Gasteiger partial charge in [-0.3, -0.25) is 9.59 Å². The van der Waals surface area contributed by atoms with E-state index in [1.165, 1.54) is 6.07 Å². The van der Waals surface area contributed by atoms with Crippen LogP contribution in [0.4, 0.5) is 0 Å². The second-order valence-electron chi connectivity index (χ2n) is 4.47. The van der Waals surface area contributed by atoms with Crippen molar-refractivity contribution in [3.05, 3.63) is 54.5 Å². The molecule has 0 bridgehead atoms. The van der Waals surface area contributed by atoms with Gasteiger partial charge >= 0.3 is 11.1 Å². The summed E-state index contributed by atoms with van der Waals surface area (Å²) in [6.07, 6.45) is 1.54. The quantitative estimate of drug-likeness (QED) is 0.697. The number of nitrogens with one attached hydrogen (secondary N) is 2. The molecule has 0 amide bonds. The van der Waals surface area contributed by atoms with Crippen LogP contribution in [-0.4, -0.2) is 24.7 Å². The van der Waals surface area contributed by atoms with E-state index in [1.807, 2.05) is 0 Å². The van der Waals surface area contributed by atoms with Gasteiger partial charge in [0.15, 0.2) is 0 Å². The number of nitrogens with zero attached hydrogens (tertiary/aromatic N) is 3. The lowest BCUT2D eigenvalue weighted by atomic mass is 10.1. The topological polar surface area (TPSA) is 96.4 Å². The lowest BCUT2D eigenvalue weighted by Gasteiger charge is -2.10. The molecule has 9 heteroatoms. The lowest BCUT2D eigenvalue weighted by molar-refractivity contribution is 0.681. The Morgan fingerprint density at radius 2 is 1.95 bits per heavy atom. The molecule has 21 heavy (non-hydrogen) atoms. The van der Waals surface area contributed by atoms with Gasteiger partial charge in [-0.05, 0) is 13.0 Å². The van der Waals surface area contributed by atoms with Crippen LogP contribution in [-0.2, 0) is 6.54 Å². The monoisotopic (exact) mass is 325 g/mol. The molecule has 0 aliphatic carbocycles. The summed E-state index contributed by atoms with van der Waals surface area (Å²) >= 11 is 12.3. The number of benzene rings is 1. The fourth-order valence-electron chi connectivity index (χ4n) is 2.04. The molecule has 2 N–H and O–H groups in total. The second-order valence-corrected chi connectivity index (χ2v) is 5.26. The van der Waals surface area contributed by atoms with Gasteiger partial charge < -0.3 is 9.97 Å². The highest BCUT2D eigenvalue weighted by Crippen LogP contribution is 2.31. The number of aromatic amines is 2. The van der Waals surface area contributed by atoms with Crippen molar-refractivity contribution in [3.63, 3.8) is 0 Å². The summed E-state index contributed by atoms with van der Waals surface area (Å²) in [5.41, 5.74) is -0.124. The summed E-state index contributed by atoms with van der Waals surface area (Å²) in [6, 6.07) is 1.49. The minimum absolute atomic E-state index is 0.263. The van der Waals surface area contributed by atoms with Crippen molar-refractivity contribution >= 4 is 34.2 Å². The molecule has 0 aliphatic rings. The van der Waals surface area contributed by atoms with Crippen LogP contribution in [0.15, 0.2) is 22.0 Å². The molecule has 7 nitrogen and oxygen atoms in total. The van der Waals surface area contributed by atoms with Crippen molar-refractivity contribution in [2.45, 2.75) is 13.5 Å². The molecular formula is C12H9Cl2N5O2. The van der Waals surface area contributed by atoms with Crippen LogP contribution in [0.1, 0.15) is 11.4 Å². The molecule has 0 aliphatic heterocycles. The number of rotatable bonds is 2. The molecule has 0 atom stereocenters. The van der Waals surface area contributed by atoms with Crippen molar-refractivity contribution in [1.82, 2.24) is 24.7 Å². The first-order valence-electron chi connectivity index (χ1n) is 5.95. The normalized spacial score (nSPS) is 11.2. The van der Waals surface area contributed by atoms with Crippen molar-refractivity contribution in [3.8, 4) is 0 Å². The zero-order chi connectivity index (χ0) is 15.1. The van der Waals surface area contributed by atoms with Crippen LogP contribution in [0, 0.1) is 6.92 Å². The number of aryl methyl sites for hydroxylation is 1. The Morgan fingerprint density at radius 3 is 2.62 bits per heavy atom. The van der Waals surface area contributed by atoms with E-state index in [2.05, 4.69) is 20.1 Å². The summed E-state index contributed by atoms with van der Waals surface area (Å²) in [5.74, 6) is 0.611. The third-order valence-corrected chi connectivity index (χ3v) is 3.81. The average Bonchev–Trinajstić information content (AvgIpc) is 2.83. The molecule has 0 saturated carbocycles. The van der Waals surface area contributed by atoms with E-state index < -0.39 is 11.1 Å². The Bertz CT molecular complexity index is 956. The predicted octanol–water partition coefficient (Wildman–Crippen LogP) is 1.47. The van der Waals surface area contributed by atoms with Crippen molar-refractivity contribution in [2.24, 2.45) is 0 Å². The number of halogens is 2. The smallest absolute Gasteiger partial charge is 0.314 e. The third-order valence-electron chi connectivity index (χ3n) is 2.98. The zero-order valence-electron chi connectivity index (χ0n) is 10.8. The van der Waals surface area contributed by atoms with Crippen molar-refractivity contribution in [2.75, 3.05) is 0 Å². The number of fused-ring (bicyclic) bond motifs is 1. The lowest BCUT2D eigenvalue weighted by Crippen LogP contribution is -2.29. The molecule has 0 saturated heterocycles. The largest absolute Gasteiger partial charge is 0.316 e. The maximum absolute atomic E-state index is 11.5. The van der Waals surface area contributed by atoms with E-state index in [-0.39, 0.29) is 11.6 Å². The van der Waals surface area contributed by atoms with Gasteiger partial charge in [0.2, 0.25) is 0 Å². The first-order chi connectivity index (χ1) is 9.95. The van der Waals surface area contributed by atoms with Crippen LogP contribution in [0.3, 0.4) is 0 Å². The van der Waals surface area contributed by atoms with Gasteiger partial charge in [-0.15, -0.1) is 0 Å². The number of hydrogen-bond donors (Lipinski definition) is 2. The highest BCUT2D eigenvalue weighted by atomic mass is 35.5. The fraction of sp³-hybridized carbons (Fsp3) is 0.167. The molecule has 108 valence electrons. The van der Waals surface area contributed by atoms with Gasteiger partial charge in [0.1, 0.15) is 12.2 Å². The molecule has 0 fully saturated rings. The van der Waals surface area contributed by atoms with E-state index in [9.17, 15) is 9.59 Å². The summed E-state index contributed by atoms with van der Waals surface area (Å²) in [5, 5.41) is 4.73. The SMILES string of the molecule is Cc1ncn(Cc2c(Cl)c(Cl)cc3[nH]c(=O)c(=O)[nH]c23)n1. The fourth-order valence-corrected chi connectivity index (χ4v) is 2.48. The Kier molecular flexibility index (Phi) is 3.30. The Balaban J connectivity index is 2.28. The third kappa shape index (κ3) is 2.45. The summed E-state index contributed by atoms with van der Waals surface area (Å²) in [7, 11) is 0. The molecule has 0 unspecified atom stereocenters. The van der Waals surface area contributed by atoms with E-state index in [4.69, 9.17) is 23.2 Å². The zero-order valence-corrected chi connectivity index (χ0v) is 12.3. The molecular weight excluding hydrogens is 317 g/mol. The van der Waals surface area contributed by atoms with Crippen molar-refractivity contribution in [1.29, 1.82) is 0 Å². The molecule has 0 spiro atoms. The van der Waals surface area contributed by atoms with Gasteiger partial charge in [-0.25, -0.2) is 9.67 Å². The van der Waals surface area contributed by atoms with Gasteiger partial charge in [0.25, 0.3) is 0 Å². The van der Waals surface area contributed by atoms with Crippen LogP contribution in [0.5, 0.6) is 0 Å². The Labute approximate surface area is 127 Å². The average molecular weight is 326 g/mol. The van der Waals surface area contributed by atoms with E-state index in [1.54, 1.807) is 17.9 Å². The minimum atomic E-state index is -0.753. The Morgan fingerprint density at radius 1 is 1.24 bits per heavy atom. The summed E-state index contributed by atoms with van der Waals surface area (Å²) < 4.78 is 1.57. The van der Waals surface area contributed by atoms with Gasteiger partial charge in [0, 0.05) is 5.56 Å². The summed E-state index contributed by atoms with van der Waals surface area (Å²) in [6.45, 7) is 2.02. The van der Waals surface area contributed by atoms with Gasteiger partial charge in [-0.1, -0.05) is 23.2 Å². The number of H-pyrrole nitrogens is 2. The highest BCUT2D eigenvalue weighted by molar-refractivity contribution is 6.43. The second kappa shape index (κ2) is 5.01. The van der Waals surface area contributed by atoms with E-state index in [0.29, 0.717) is 27.4 Å². The van der Waals surface area contributed by atoms with Gasteiger partial charge in [-0.2, -0.15) is 5.10 Å². The maximum atomic E-state index is 11.5. The minimum Gasteiger partial charge on any atom is -0.316 e. The highest BCUT2D eigenvalue weighted by Gasteiger charge is 2.14. The Hall–Kier alpha value is -2.12. The van der Waals surface area contributed by atoms with Crippen LogP contribution in [0.2, 0.25) is 10.0 Å². The number of hydrogen-bond acceptors (Lipinski definition) is 4. The molecule has 0 radical (unpaired) electrons. The van der Waals surface area contributed by atoms with E-state index in [0.717, 1.165) is 0 Å².